The van der Waals surface area contributed by atoms with E-state index in [1.54, 1.807) is 0 Å². The monoisotopic (exact) mass is 204 g/mol. The summed E-state index contributed by atoms with van der Waals surface area (Å²) in [5, 5.41) is 7.75. The molecule has 12 heavy (non-hydrogen) atoms. The first kappa shape index (κ1) is 22.6. The van der Waals surface area contributed by atoms with Crippen molar-refractivity contribution in [1.82, 2.24) is 0 Å². The van der Waals surface area contributed by atoms with Crippen molar-refractivity contribution in [2.24, 2.45) is 11.5 Å². The van der Waals surface area contributed by atoms with Crippen molar-refractivity contribution < 1.29 is 14.6 Å². The van der Waals surface area contributed by atoms with Gasteiger partial charge in [0, 0.05) is 6.54 Å². The largest absolute Gasteiger partial charge is 0.468 e. The van der Waals surface area contributed by atoms with Gasteiger partial charge in [-0.2, -0.15) is 0 Å². The van der Waals surface area contributed by atoms with Crippen molar-refractivity contribution in [2.45, 2.75) is 7.43 Å². The van der Waals surface area contributed by atoms with Gasteiger partial charge in [0.05, 0.1) is 20.3 Å². The first-order valence-electron chi connectivity index (χ1n) is 2.80. The first-order valence-corrected chi connectivity index (χ1v) is 2.80. The summed E-state index contributed by atoms with van der Waals surface area (Å²) in [7, 11) is 1.30. The van der Waals surface area contributed by atoms with Gasteiger partial charge in [0.2, 0.25) is 0 Å². The van der Waals surface area contributed by atoms with Crippen LogP contribution < -0.4 is 11.5 Å². The molecule has 0 bridgehead atoms. The van der Waals surface area contributed by atoms with E-state index in [4.69, 9.17) is 16.6 Å². The molecule has 5 N–H and O–H groups in total. The summed E-state index contributed by atoms with van der Waals surface area (Å²) >= 11 is 0. The van der Waals surface area contributed by atoms with Crippen LogP contribution in [0.25, 0.3) is 0 Å². The van der Waals surface area contributed by atoms with Gasteiger partial charge in [0.25, 0.3) is 0 Å². The smallest absolute Gasteiger partial charge is 0.319 e. The minimum Gasteiger partial charge on any atom is -0.468 e. The van der Waals surface area contributed by atoms with Crippen LogP contribution in [-0.4, -0.2) is 37.9 Å². The SMILES string of the molecule is C.COC(=O)C[15NH2].Cl.[15NH2]CCO. The average molecular weight is 205 g/mol. The minimum atomic E-state index is -0.380. The number of hydrogen-bond donors (Lipinski definition) is 3. The molecular formula is C6H19ClN2O3. The lowest BCUT2D eigenvalue weighted by molar-refractivity contribution is -0.138. The summed E-state index contributed by atoms with van der Waals surface area (Å²) in [6, 6.07) is 0. The highest BCUT2D eigenvalue weighted by Gasteiger charge is 1.87. The Morgan fingerprint density at radius 3 is 1.83 bits per heavy atom. The molecule has 0 saturated carbocycles. The highest BCUT2D eigenvalue weighted by atomic mass is 35.5. The lowest BCUT2D eigenvalue weighted by Gasteiger charge is -1.87. The average Bonchev–Trinajstić information content (AvgIpc) is 2.03. The maximum Gasteiger partial charge on any atom is 0.319 e. The topological polar surface area (TPSA) is 98.6 Å². The number of halogens is 1. The van der Waals surface area contributed by atoms with Crippen LogP contribution in [0, 0.1) is 0 Å². The molecule has 0 amide bonds. The standard InChI is InChI=1S/C3H7NO2.C2H7NO.CH4.ClH/c1-6-3(5)2-4;3-1-2-4;;/h2,4H2,1H3;4H,1-3H2;1H4;1H/i4+1;3+1;;. The third-order valence-corrected chi connectivity index (χ3v) is 0.523. The highest BCUT2D eigenvalue weighted by Crippen LogP contribution is 1.61. The van der Waals surface area contributed by atoms with Crippen LogP contribution >= 0.6 is 12.4 Å². The number of methoxy groups -OCH3 is 1. The third-order valence-electron chi connectivity index (χ3n) is 0.523. The maximum absolute atomic E-state index is 9.83. The molecule has 0 spiro atoms. The van der Waals surface area contributed by atoms with Crippen LogP contribution in [0.1, 0.15) is 7.43 Å². The van der Waals surface area contributed by atoms with Gasteiger partial charge in [-0.3, -0.25) is 4.79 Å². The summed E-state index contributed by atoms with van der Waals surface area (Å²) in [5.74, 6) is -0.380. The Labute approximate surface area is 79.5 Å². The number of nitrogens with two attached hydrogens (primary N) is 2. The normalized spacial score (nSPS) is 6.33. The van der Waals surface area contributed by atoms with E-state index in [-0.39, 0.29) is 39.0 Å². The molecule has 0 aromatic carbocycles. The Kier molecular flexibility index (Phi) is 42.2. The van der Waals surface area contributed by atoms with Crippen molar-refractivity contribution in [3.63, 3.8) is 0 Å². The minimum absolute atomic E-state index is 0. The van der Waals surface area contributed by atoms with Gasteiger partial charge in [0.1, 0.15) is 0 Å². The molecule has 5 nitrogen and oxygen atoms in total. The van der Waals surface area contributed by atoms with Crippen molar-refractivity contribution in [3.8, 4) is 0 Å². The second-order valence-corrected chi connectivity index (χ2v) is 1.29. The van der Waals surface area contributed by atoms with E-state index in [1.807, 2.05) is 0 Å². The molecule has 0 aliphatic rings. The second kappa shape index (κ2) is 22.4. The zero-order valence-electron chi connectivity index (χ0n) is 6.45. The van der Waals surface area contributed by atoms with E-state index in [0.29, 0.717) is 6.54 Å². The Morgan fingerprint density at radius 1 is 1.50 bits per heavy atom. The van der Waals surface area contributed by atoms with Gasteiger partial charge < -0.3 is 21.3 Å². The molecule has 78 valence electrons. The fraction of sp³-hybridized carbons (Fsp3) is 0.833. The van der Waals surface area contributed by atoms with Gasteiger partial charge in [-0.15, -0.1) is 12.4 Å². The van der Waals surface area contributed by atoms with E-state index in [9.17, 15) is 4.79 Å². The van der Waals surface area contributed by atoms with Gasteiger partial charge in [-0.05, 0) is 0 Å². The number of carbonyl (C=O) groups is 1. The molecule has 0 unspecified atom stereocenters. The lowest BCUT2D eigenvalue weighted by Crippen LogP contribution is -2.14. The molecule has 0 aliphatic carbocycles. The molecule has 0 aliphatic heterocycles. The van der Waals surface area contributed by atoms with Crippen molar-refractivity contribution in [3.05, 3.63) is 0 Å². The van der Waals surface area contributed by atoms with E-state index in [0.717, 1.165) is 0 Å². The quantitative estimate of drug-likeness (QED) is 0.401. The van der Waals surface area contributed by atoms with Crippen molar-refractivity contribution in [2.75, 3.05) is 26.8 Å². The van der Waals surface area contributed by atoms with Gasteiger partial charge in [-0.1, -0.05) is 7.43 Å². The molecule has 0 radical (unpaired) electrons. The third kappa shape index (κ3) is 33.4. The zero-order valence-corrected chi connectivity index (χ0v) is 7.26. The number of ether oxygens (including phenoxy) is 1. The van der Waals surface area contributed by atoms with E-state index < -0.39 is 0 Å². The number of aliphatic hydroxyl groups excluding tert-OH is 1. The number of rotatable bonds is 2. The predicted molar refractivity (Wildman–Crippen MR) is 51.2 cm³/mol. The number of aliphatic hydroxyl groups is 1. The zero-order chi connectivity index (χ0) is 8.41. The predicted octanol–water partition coefficient (Wildman–Crippen LogP) is -0.887. The van der Waals surface area contributed by atoms with Crippen LogP contribution in [0.3, 0.4) is 0 Å². The molecular weight excluding hydrogens is 186 g/mol. The molecule has 6 heteroatoms. The molecule has 0 atom stereocenters. The number of hydrogen-bond acceptors (Lipinski definition) is 5. The molecule has 0 aromatic rings. The summed E-state index contributed by atoms with van der Waals surface area (Å²) in [6.07, 6.45) is 0. The molecule has 0 rings (SSSR count). The van der Waals surface area contributed by atoms with Crippen LogP contribution in [0.15, 0.2) is 0 Å². The first-order chi connectivity index (χ1) is 4.72. The van der Waals surface area contributed by atoms with Crippen LogP contribution in [-0.2, 0) is 9.53 Å². The van der Waals surface area contributed by atoms with E-state index in [2.05, 4.69) is 4.74 Å². The Hall–Kier alpha value is -0.360. The Morgan fingerprint density at radius 2 is 1.83 bits per heavy atom. The lowest BCUT2D eigenvalue weighted by atomic mass is 10.7. The van der Waals surface area contributed by atoms with Gasteiger partial charge in [0.15, 0.2) is 0 Å². The fourth-order valence-corrected chi connectivity index (χ4v) is 0.0833. The van der Waals surface area contributed by atoms with Crippen LogP contribution in [0.2, 0.25) is 0 Å². The summed E-state index contributed by atoms with van der Waals surface area (Å²) in [5.41, 5.74) is 9.59. The molecule has 0 fully saturated rings. The van der Waals surface area contributed by atoms with Crippen LogP contribution in [0.4, 0.5) is 0 Å². The molecule has 0 aromatic heterocycles. The summed E-state index contributed by atoms with van der Waals surface area (Å²) in [4.78, 5) is 9.83. The van der Waals surface area contributed by atoms with Crippen LogP contribution in [0.5, 0.6) is 0 Å². The summed E-state index contributed by atoms with van der Waals surface area (Å²) in [6.45, 7) is 0.441. The number of carbonyl (C=O) groups excluding carboxylic acids is 1. The molecule has 0 heterocycles. The highest BCUT2D eigenvalue weighted by molar-refractivity contribution is 5.85. The maximum atomic E-state index is 9.83. The van der Waals surface area contributed by atoms with Crippen molar-refractivity contribution >= 4 is 18.4 Å². The summed E-state index contributed by atoms with van der Waals surface area (Å²) < 4.78 is 4.14. The second-order valence-electron chi connectivity index (χ2n) is 1.29. The Bertz CT molecular complexity index is 75.2. The van der Waals surface area contributed by atoms with Gasteiger partial charge >= 0.3 is 5.97 Å². The van der Waals surface area contributed by atoms with E-state index in [1.165, 1.54) is 7.11 Å². The van der Waals surface area contributed by atoms with E-state index >= 15 is 0 Å². The van der Waals surface area contributed by atoms with Crippen molar-refractivity contribution in [1.29, 1.82) is 0 Å². The van der Waals surface area contributed by atoms with Gasteiger partial charge in [-0.25, -0.2) is 0 Å². The fourth-order valence-electron chi connectivity index (χ4n) is 0.0833. The molecule has 0 saturated heterocycles. The number of esters is 1. The Balaban J connectivity index is -0.0000000483.